The fraction of sp³-hybridized carbons (Fsp3) is 0.167. The molecule has 0 saturated heterocycles. The smallest absolute Gasteiger partial charge is 0.144 e. The van der Waals surface area contributed by atoms with Crippen molar-refractivity contribution in [1.29, 1.82) is 0 Å². The summed E-state index contributed by atoms with van der Waals surface area (Å²) < 4.78 is 13.0. The van der Waals surface area contributed by atoms with Crippen molar-refractivity contribution in [3.63, 3.8) is 0 Å². The maximum Gasteiger partial charge on any atom is 0.144 e. The molecule has 0 aliphatic carbocycles. The summed E-state index contributed by atoms with van der Waals surface area (Å²) in [7, 11) is 0. The van der Waals surface area contributed by atoms with E-state index in [1.807, 2.05) is 6.07 Å². The highest BCUT2D eigenvalue weighted by Crippen LogP contribution is 2.25. The van der Waals surface area contributed by atoms with Gasteiger partial charge in [-0.05, 0) is 35.7 Å². The molecule has 0 fully saturated rings. The van der Waals surface area contributed by atoms with Crippen LogP contribution in [0.15, 0.2) is 48.5 Å². The van der Waals surface area contributed by atoms with Crippen LogP contribution in [-0.2, 0) is 12.8 Å². The number of pyridine rings is 1. The van der Waals surface area contributed by atoms with Crippen molar-refractivity contribution in [2.45, 2.75) is 19.8 Å². The predicted octanol–water partition coefficient (Wildman–Crippen LogP) is 3.81. The summed E-state index contributed by atoms with van der Waals surface area (Å²) >= 11 is 0. The van der Waals surface area contributed by atoms with Crippen LogP contribution < -0.4 is 11.3 Å². The number of hydrogen-bond acceptors (Lipinski definition) is 3. The number of benzene rings is 2. The third kappa shape index (κ3) is 2.78. The van der Waals surface area contributed by atoms with E-state index in [9.17, 15) is 4.39 Å². The Bertz CT molecular complexity index is 797. The first-order valence-electron chi connectivity index (χ1n) is 7.34. The van der Waals surface area contributed by atoms with E-state index >= 15 is 0 Å². The lowest BCUT2D eigenvalue weighted by atomic mass is 10.0. The summed E-state index contributed by atoms with van der Waals surface area (Å²) in [6.07, 6.45) is 1.57. The van der Waals surface area contributed by atoms with Crippen molar-refractivity contribution in [2.75, 3.05) is 5.43 Å². The summed E-state index contributed by atoms with van der Waals surface area (Å²) in [6, 6.07) is 14.8. The Morgan fingerprint density at radius 3 is 2.55 bits per heavy atom. The van der Waals surface area contributed by atoms with Crippen LogP contribution in [0, 0.1) is 5.82 Å². The van der Waals surface area contributed by atoms with E-state index in [0.29, 0.717) is 12.2 Å². The quantitative estimate of drug-likeness (QED) is 0.568. The van der Waals surface area contributed by atoms with Crippen LogP contribution in [0.4, 0.5) is 10.2 Å². The molecule has 0 atom stereocenters. The van der Waals surface area contributed by atoms with Gasteiger partial charge in [0.15, 0.2) is 0 Å². The number of anilines is 1. The fourth-order valence-corrected chi connectivity index (χ4v) is 2.67. The predicted molar refractivity (Wildman–Crippen MR) is 88.1 cm³/mol. The van der Waals surface area contributed by atoms with Gasteiger partial charge in [-0.3, -0.25) is 0 Å². The zero-order valence-electron chi connectivity index (χ0n) is 12.4. The molecule has 2 aromatic carbocycles. The molecule has 112 valence electrons. The van der Waals surface area contributed by atoms with E-state index < -0.39 is 0 Å². The molecular formula is C18H18FN3. The largest absolute Gasteiger partial charge is 0.308 e. The summed E-state index contributed by atoms with van der Waals surface area (Å²) in [5.41, 5.74) is 6.87. The first-order chi connectivity index (χ1) is 10.7. The first kappa shape index (κ1) is 14.5. The molecule has 0 amide bonds. The van der Waals surface area contributed by atoms with Crippen molar-refractivity contribution < 1.29 is 4.39 Å². The Kier molecular flexibility index (Phi) is 4.02. The summed E-state index contributed by atoms with van der Waals surface area (Å²) in [5, 5.41) is 1.09. The molecule has 0 radical (unpaired) electrons. The van der Waals surface area contributed by atoms with Gasteiger partial charge in [-0.1, -0.05) is 37.3 Å². The molecule has 4 heteroatoms. The molecular weight excluding hydrogens is 277 g/mol. The number of hydrazine groups is 1. The molecule has 3 aromatic rings. The van der Waals surface area contributed by atoms with Gasteiger partial charge >= 0.3 is 0 Å². The number of nitrogens with zero attached hydrogens (tertiary/aromatic N) is 1. The highest BCUT2D eigenvalue weighted by atomic mass is 19.1. The van der Waals surface area contributed by atoms with Gasteiger partial charge in [0.05, 0.1) is 5.52 Å². The molecule has 0 aliphatic heterocycles. The number of fused-ring (bicyclic) bond motifs is 1. The minimum atomic E-state index is -0.231. The average molecular weight is 295 g/mol. The van der Waals surface area contributed by atoms with Gasteiger partial charge in [-0.25, -0.2) is 15.2 Å². The maximum absolute atomic E-state index is 13.0. The Morgan fingerprint density at radius 2 is 1.86 bits per heavy atom. The fourth-order valence-electron chi connectivity index (χ4n) is 2.67. The lowest BCUT2D eigenvalue weighted by Crippen LogP contribution is -2.12. The van der Waals surface area contributed by atoms with Gasteiger partial charge in [0.2, 0.25) is 0 Å². The second kappa shape index (κ2) is 6.12. The number of hydrogen-bond donors (Lipinski definition) is 2. The van der Waals surface area contributed by atoms with Crippen molar-refractivity contribution in [1.82, 2.24) is 4.98 Å². The van der Waals surface area contributed by atoms with Gasteiger partial charge < -0.3 is 5.43 Å². The van der Waals surface area contributed by atoms with Crippen LogP contribution in [0.25, 0.3) is 10.9 Å². The number of rotatable bonds is 4. The minimum Gasteiger partial charge on any atom is -0.308 e. The molecule has 1 aromatic heterocycles. The lowest BCUT2D eigenvalue weighted by molar-refractivity contribution is 0.627. The van der Waals surface area contributed by atoms with Gasteiger partial charge in [0, 0.05) is 17.4 Å². The molecule has 22 heavy (non-hydrogen) atoms. The molecule has 0 spiro atoms. The van der Waals surface area contributed by atoms with Crippen LogP contribution in [0.2, 0.25) is 0 Å². The van der Waals surface area contributed by atoms with E-state index in [-0.39, 0.29) is 5.82 Å². The Morgan fingerprint density at radius 1 is 1.09 bits per heavy atom. The maximum atomic E-state index is 13.0. The van der Waals surface area contributed by atoms with Crippen LogP contribution in [0.5, 0.6) is 0 Å². The Labute approximate surface area is 129 Å². The highest BCUT2D eigenvalue weighted by molar-refractivity contribution is 5.84. The number of nitrogens with two attached hydrogens (primary N) is 1. The zero-order valence-corrected chi connectivity index (χ0v) is 12.4. The van der Waals surface area contributed by atoms with Crippen molar-refractivity contribution in [3.8, 4) is 0 Å². The average Bonchev–Trinajstić information content (AvgIpc) is 2.55. The molecule has 3 rings (SSSR count). The number of aromatic nitrogens is 1. The molecule has 0 bridgehead atoms. The van der Waals surface area contributed by atoms with Gasteiger partial charge in [0.25, 0.3) is 0 Å². The van der Waals surface area contributed by atoms with Crippen LogP contribution in [0.1, 0.15) is 23.6 Å². The molecule has 3 N–H and O–H groups in total. The number of aryl methyl sites for hydroxylation is 1. The zero-order chi connectivity index (χ0) is 15.5. The molecule has 1 heterocycles. The molecule has 3 nitrogen and oxygen atoms in total. The lowest BCUT2D eigenvalue weighted by Gasteiger charge is -2.12. The number of halogens is 1. The van der Waals surface area contributed by atoms with Crippen LogP contribution in [0.3, 0.4) is 0 Å². The second-order valence-corrected chi connectivity index (χ2v) is 5.29. The van der Waals surface area contributed by atoms with Gasteiger partial charge in [-0.15, -0.1) is 0 Å². The van der Waals surface area contributed by atoms with Crippen molar-refractivity contribution in [3.05, 3.63) is 71.0 Å². The highest BCUT2D eigenvalue weighted by Gasteiger charge is 2.09. The van der Waals surface area contributed by atoms with Crippen LogP contribution in [-0.4, -0.2) is 4.98 Å². The van der Waals surface area contributed by atoms with E-state index in [4.69, 9.17) is 5.84 Å². The monoisotopic (exact) mass is 295 g/mol. The number of para-hydroxylation sites is 1. The molecule has 0 saturated carbocycles. The second-order valence-electron chi connectivity index (χ2n) is 5.29. The summed E-state index contributed by atoms with van der Waals surface area (Å²) in [6.45, 7) is 2.11. The van der Waals surface area contributed by atoms with Crippen molar-refractivity contribution in [2.24, 2.45) is 5.84 Å². The normalized spacial score (nSPS) is 10.9. The summed E-state index contributed by atoms with van der Waals surface area (Å²) in [4.78, 5) is 4.67. The molecule has 0 unspecified atom stereocenters. The van der Waals surface area contributed by atoms with E-state index in [1.54, 1.807) is 12.1 Å². The van der Waals surface area contributed by atoms with E-state index in [1.165, 1.54) is 17.7 Å². The molecule has 0 aliphatic rings. The van der Waals surface area contributed by atoms with Gasteiger partial charge in [-0.2, -0.15) is 0 Å². The summed E-state index contributed by atoms with van der Waals surface area (Å²) in [5.74, 6) is 6.07. The third-order valence-corrected chi connectivity index (χ3v) is 3.83. The number of nitrogens with one attached hydrogen (secondary N) is 1. The van der Waals surface area contributed by atoms with Gasteiger partial charge in [0.1, 0.15) is 11.6 Å². The minimum absolute atomic E-state index is 0.231. The number of nitrogen functional groups attached to an aromatic ring is 1. The van der Waals surface area contributed by atoms with Crippen LogP contribution >= 0.6 is 0 Å². The SMILES string of the molecule is CCc1cccc2cc(Cc3ccc(F)cc3)c(NN)nc12. The van der Waals surface area contributed by atoms with E-state index in [0.717, 1.165) is 28.5 Å². The standard InChI is InChI=1S/C18H18FN3/c1-2-13-4-3-5-14-11-15(18(22-20)21-17(13)14)10-12-6-8-16(19)9-7-12/h3-9,11H,2,10,20H2,1H3,(H,21,22). The topological polar surface area (TPSA) is 50.9 Å². The Hall–Kier alpha value is -2.46. The third-order valence-electron chi connectivity index (χ3n) is 3.83. The van der Waals surface area contributed by atoms with E-state index in [2.05, 4.69) is 35.5 Å². The Balaban J connectivity index is 2.06. The first-order valence-corrected chi connectivity index (χ1v) is 7.34. The van der Waals surface area contributed by atoms with Crippen molar-refractivity contribution >= 4 is 16.7 Å².